The maximum Gasteiger partial charge on any atom is 0.0992 e. The lowest BCUT2D eigenvalue weighted by atomic mass is 9.85. The van der Waals surface area contributed by atoms with Crippen LogP contribution in [-0.2, 0) is 0 Å². The van der Waals surface area contributed by atoms with E-state index in [0.29, 0.717) is 0 Å². The van der Waals surface area contributed by atoms with E-state index < -0.39 is 0 Å². The zero-order chi connectivity index (χ0) is 13.1. The van der Waals surface area contributed by atoms with Crippen LogP contribution in [0.3, 0.4) is 0 Å². The van der Waals surface area contributed by atoms with Crippen molar-refractivity contribution in [2.75, 3.05) is 0 Å². The molecule has 0 radical (unpaired) electrons. The minimum atomic E-state index is -0.359. The van der Waals surface area contributed by atoms with E-state index in [1.807, 2.05) is 28.9 Å². The number of nitrogens with zero attached hydrogens (tertiary/aromatic N) is 2. The van der Waals surface area contributed by atoms with Crippen LogP contribution in [0.1, 0.15) is 56.6 Å². The number of hydrogen-bond donors (Lipinski definition) is 1. The molecule has 1 fully saturated rings. The van der Waals surface area contributed by atoms with Gasteiger partial charge in [0.2, 0.25) is 0 Å². The highest BCUT2D eigenvalue weighted by Crippen LogP contribution is 2.31. The van der Waals surface area contributed by atoms with E-state index in [4.69, 9.17) is 0 Å². The molecular formula is C16H22N2O. The van der Waals surface area contributed by atoms with Crippen molar-refractivity contribution in [1.82, 2.24) is 9.38 Å². The molecule has 2 aromatic rings. The van der Waals surface area contributed by atoms with Crippen LogP contribution >= 0.6 is 0 Å². The lowest BCUT2D eigenvalue weighted by Crippen LogP contribution is -2.09. The van der Waals surface area contributed by atoms with Crippen LogP contribution < -0.4 is 0 Å². The van der Waals surface area contributed by atoms with Crippen LogP contribution in [0.4, 0.5) is 0 Å². The smallest absolute Gasteiger partial charge is 0.0992 e. The van der Waals surface area contributed by atoms with Gasteiger partial charge in [0.25, 0.3) is 0 Å². The molecule has 0 spiro atoms. The Hall–Kier alpha value is -1.35. The summed E-state index contributed by atoms with van der Waals surface area (Å²) in [4.78, 5) is 4.15. The molecule has 1 atom stereocenters. The second-order valence-corrected chi connectivity index (χ2v) is 5.75. The van der Waals surface area contributed by atoms with Gasteiger partial charge in [0.1, 0.15) is 0 Å². The van der Waals surface area contributed by atoms with Crippen molar-refractivity contribution in [3.05, 3.63) is 36.4 Å². The maximum atomic E-state index is 10.4. The minimum Gasteiger partial charge on any atom is -0.388 e. The van der Waals surface area contributed by atoms with E-state index in [0.717, 1.165) is 29.8 Å². The van der Waals surface area contributed by atoms with Crippen molar-refractivity contribution in [3.63, 3.8) is 0 Å². The number of aromatic nitrogens is 2. The number of aliphatic hydroxyl groups excluding tert-OH is 1. The first-order valence-corrected chi connectivity index (χ1v) is 7.43. The maximum absolute atomic E-state index is 10.4. The van der Waals surface area contributed by atoms with Crippen molar-refractivity contribution < 1.29 is 5.11 Å². The monoisotopic (exact) mass is 258 g/mol. The molecule has 1 N–H and O–H groups in total. The van der Waals surface area contributed by atoms with E-state index in [1.54, 1.807) is 6.33 Å². The summed E-state index contributed by atoms with van der Waals surface area (Å²) in [5.74, 6) is 0.827. The second kappa shape index (κ2) is 5.74. The molecular weight excluding hydrogens is 236 g/mol. The van der Waals surface area contributed by atoms with Gasteiger partial charge in [0, 0.05) is 11.8 Å². The summed E-state index contributed by atoms with van der Waals surface area (Å²) in [6.07, 6.45) is 14.1. The fourth-order valence-electron chi connectivity index (χ4n) is 3.28. The van der Waals surface area contributed by atoms with Crippen LogP contribution in [0.15, 0.2) is 30.9 Å². The van der Waals surface area contributed by atoms with Gasteiger partial charge in [-0.3, -0.25) is 0 Å². The van der Waals surface area contributed by atoms with Crippen molar-refractivity contribution in [2.24, 2.45) is 5.92 Å². The molecule has 1 saturated carbocycles. The zero-order valence-corrected chi connectivity index (χ0v) is 11.3. The molecule has 3 nitrogen and oxygen atoms in total. The van der Waals surface area contributed by atoms with Crippen molar-refractivity contribution in [2.45, 2.75) is 51.0 Å². The van der Waals surface area contributed by atoms with Gasteiger partial charge < -0.3 is 9.51 Å². The first-order chi connectivity index (χ1) is 9.34. The van der Waals surface area contributed by atoms with Crippen molar-refractivity contribution in [1.29, 1.82) is 0 Å². The van der Waals surface area contributed by atoms with Gasteiger partial charge in [-0.15, -0.1) is 0 Å². The molecule has 0 aliphatic heterocycles. The predicted octanol–water partition coefficient (Wildman–Crippen LogP) is 3.73. The molecule has 0 aromatic carbocycles. The van der Waals surface area contributed by atoms with Crippen molar-refractivity contribution in [3.8, 4) is 0 Å². The Labute approximate surface area is 114 Å². The number of fused-ring (bicyclic) bond motifs is 1. The molecule has 2 heterocycles. The highest BCUT2D eigenvalue weighted by molar-refractivity contribution is 5.53. The third-order valence-corrected chi connectivity index (χ3v) is 4.42. The summed E-state index contributed by atoms with van der Waals surface area (Å²) in [5.41, 5.74) is 2.04. The quantitative estimate of drug-likeness (QED) is 0.907. The Morgan fingerprint density at radius 1 is 1.32 bits per heavy atom. The number of imidazole rings is 1. The molecule has 0 amide bonds. The Balaban J connectivity index is 1.66. The van der Waals surface area contributed by atoms with E-state index >= 15 is 0 Å². The summed E-state index contributed by atoms with van der Waals surface area (Å²) in [6.45, 7) is 0. The average molecular weight is 258 g/mol. The molecule has 3 rings (SSSR count). The van der Waals surface area contributed by atoms with Gasteiger partial charge in [0.05, 0.1) is 24.1 Å². The molecule has 19 heavy (non-hydrogen) atoms. The number of aliphatic hydroxyl groups is 1. The number of hydrogen-bond acceptors (Lipinski definition) is 2. The van der Waals surface area contributed by atoms with Crippen LogP contribution in [0.5, 0.6) is 0 Å². The molecule has 1 aliphatic carbocycles. The van der Waals surface area contributed by atoms with Gasteiger partial charge in [-0.1, -0.05) is 38.2 Å². The first-order valence-electron chi connectivity index (χ1n) is 7.43. The highest BCUT2D eigenvalue weighted by atomic mass is 16.3. The zero-order valence-electron chi connectivity index (χ0n) is 11.3. The second-order valence-electron chi connectivity index (χ2n) is 5.75. The molecule has 1 unspecified atom stereocenters. The van der Waals surface area contributed by atoms with E-state index in [9.17, 15) is 5.11 Å². The first kappa shape index (κ1) is 12.7. The topological polar surface area (TPSA) is 37.5 Å². The van der Waals surface area contributed by atoms with Gasteiger partial charge in [-0.25, -0.2) is 4.98 Å². The molecule has 3 heteroatoms. The molecule has 2 aromatic heterocycles. The third kappa shape index (κ3) is 2.81. The van der Waals surface area contributed by atoms with E-state index in [-0.39, 0.29) is 6.10 Å². The van der Waals surface area contributed by atoms with Gasteiger partial charge in [-0.05, 0) is 24.8 Å². The summed E-state index contributed by atoms with van der Waals surface area (Å²) in [7, 11) is 0. The Bertz CT molecular complexity index is 528. The summed E-state index contributed by atoms with van der Waals surface area (Å²) < 4.78 is 1.97. The standard InChI is InChI=1S/C16H22N2O/c19-16(9-8-13-5-2-1-3-6-13)14-7-4-10-18-12-17-11-15(14)18/h4,7,10-13,16,19H,1-3,5-6,8-9H2. The molecule has 0 bridgehead atoms. The fraction of sp³-hybridized carbons (Fsp3) is 0.562. The fourth-order valence-corrected chi connectivity index (χ4v) is 3.28. The van der Waals surface area contributed by atoms with E-state index in [1.165, 1.54) is 32.1 Å². The largest absolute Gasteiger partial charge is 0.388 e. The average Bonchev–Trinajstić information content (AvgIpc) is 2.94. The SMILES string of the molecule is OC(CCC1CCCCC1)c1cccn2cncc12. The van der Waals surface area contributed by atoms with Gasteiger partial charge in [0.15, 0.2) is 0 Å². The summed E-state index contributed by atoms with van der Waals surface area (Å²) in [5, 5.41) is 10.4. The molecule has 1 aliphatic rings. The Morgan fingerprint density at radius 3 is 3.00 bits per heavy atom. The van der Waals surface area contributed by atoms with E-state index in [2.05, 4.69) is 4.98 Å². The van der Waals surface area contributed by atoms with Crippen LogP contribution in [0.2, 0.25) is 0 Å². The number of rotatable bonds is 4. The van der Waals surface area contributed by atoms with Crippen LogP contribution in [-0.4, -0.2) is 14.5 Å². The molecule has 102 valence electrons. The Morgan fingerprint density at radius 2 is 2.16 bits per heavy atom. The van der Waals surface area contributed by atoms with Gasteiger partial charge in [-0.2, -0.15) is 0 Å². The van der Waals surface area contributed by atoms with Crippen LogP contribution in [0, 0.1) is 5.92 Å². The Kier molecular flexibility index (Phi) is 3.83. The molecule has 0 saturated heterocycles. The van der Waals surface area contributed by atoms with Crippen LogP contribution in [0.25, 0.3) is 5.52 Å². The third-order valence-electron chi connectivity index (χ3n) is 4.42. The predicted molar refractivity (Wildman–Crippen MR) is 76.0 cm³/mol. The minimum absolute atomic E-state index is 0.359. The van der Waals surface area contributed by atoms with Crippen molar-refractivity contribution >= 4 is 5.52 Å². The number of pyridine rings is 1. The lowest BCUT2D eigenvalue weighted by molar-refractivity contribution is 0.152. The highest BCUT2D eigenvalue weighted by Gasteiger charge is 2.17. The van der Waals surface area contributed by atoms with Gasteiger partial charge >= 0.3 is 0 Å². The summed E-state index contributed by atoms with van der Waals surface area (Å²) in [6, 6.07) is 4.00. The summed E-state index contributed by atoms with van der Waals surface area (Å²) >= 11 is 0. The lowest BCUT2D eigenvalue weighted by Gasteiger charge is -2.22. The normalized spacial score (nSPS) is 18.8.